The average Bonchev–Trinajstić information content (AvgIpc) is 2.91. The molecule has 0 bridgehead atoms. The molecule has 4 nitrogen and oxygen atoms in total. The van der Waals surface area contributed by atoms with Crippen LogP contribution in [0.4, 0.5) is 5.69 Å². The number of amides is 1. The molecule has 180 valence electrons. The first-order valence-corrected chi connectivity index (χ1v) is 13.1. The van der Waals surface area contributed by atoms with Crippen molar-refractivity contribution in [1.82, 2.24) is 0 Å². The number of nitrogens with zero attached hydrogens (tertiary/aromatic N) is 1. The predicted molar refractivity (Wildman–Crippen MR) is 156 cm³/mol. The molecule has 1 amide bonds. The number of carbonyl (C=O) groups excluding carboxylic acids is 1. The third-order valence-corrected chi connectivity index (χ3v) is 7.13. The van der Waals surface area contributed by atoms with Crippen LogP contribution in [-0.4, -0.2) is 5.91 Å². The maximum Gasteiger partial charge on any atom is 0.266 e. The number of hydrogen-bond donors (Lipinski definition) is 1. The number of ether oxygens (including phenoxy) is 1. The fourth-order valence-corrected chi connectivity index (χ4v) is 5.60. The lowest BCUT2D eigenvalue weighted by Crippen LogP contribution is -2.13. The van der Waals surface area contributed by atoms with Crippen molar-refractivity contribution in [3.8, 4) is 11.8 Å². The highest BCUT2D eigenvalue weighted by atomic mass is 79.9. The van der Waals surface area contributed by atoms with Gasteiger partial charge in [-0.2, -0.15) is 5.26 Å². The summed E-state index contributed by atoms with van der Waals surface area (Å²) in [6.07, 6.45) is 1.56. The maximum atomic E-state index is 12.8. The van der Waals surface area contributed by atoms with Gasteiger partial charge in [0.05, 0.1) is 8.95 Å². The molecule has 5 aromatic rings. The number of carbonyl (C=O) groups is 1. The molecule has 0 saturated carbocycles. The Labute approximate surface area is 231 Å². The molecule has 0 atom stereocenters. The molecule has 0 heterocycles. The van der Waals surface area contributed by atoms with E-state index in [1.807, 2.05) is 78.9 Å². The fraction of sp³-hybridized carbons (Fsp3) is 0.0323. The first-order chi connectivity index (χ1) is 18.0. The Bertz CT molecular complexity index is 1690. The summed E-state index contributed by atoms with van der Waals surface area (Å²) >= 11 is 7.16. The Morgan fingerprint density at radius 1 is 0.838 bits per heavy atom. The largest absolute Gasteiger partial charge is 0.487 e. The number of hydrogen-bond acceptors (Lipinski definition) is 3. The van der Waals surface area contributed by atoms with Crippen LogP contribution >= 0.6 is 31.9 Å². The third-order valence-electron chi connectivity index (χ3n) is 5.96. The first-order valence-electron chi connectivity index (χ1n) is 11.5. The molecule has 5 rings (SSSR count). The van der Waals surface area contributed by atoms with E-state index in [0.717, 1.165) is 27.1 Å². The summed E-state index contributed by atoms with van der Waals surface area (Å²) in [5, 5.41) is 16.9. The minimum Gasteiger partial charge on any atom is -0.487 e. The molecule has 6 heteroatoms. The summed E-state index contributed by atoms with van der Waals surface area (Å²) in [7, 11) is 0. The van der Waals surface area contributed by atoms with Crippen LogP contribution in [0.25, 0.3) is 27.6 Å². The van der Waals surface area contributed by atoms with E-state index in [1.54, 1.807) is 6.08 Å². The van der Waals surface area contributed by atoms with Gasteiger partial charge in [-0.15, -0.1) is 0 Å². The van der Waals surface area contributed by atoms with Gasteiger partial charge in [-0.05, 0) is 94.9 Å². The molecular weight excluding hydrogens is 592 g/mol. The minimum atomic E-state index is -0.471. The summed E-state index contributed by atoms with van der Waals surface area (Å²) < 4.78 is 7.57. The molecule has 37 heavy (non-hydrogen) atoms. The Balaban J connectivity index is 1.34. The van der Waals surface area contributed by atoms with Gasteiger partial charge in [0.2, 0.25) is 0 Å². The molecular formula is C31H20Br2N2O2. The van der Waals surface area contributed by atoms with Gasteiger partial charge in [0, 0.05) is 5.69 Å². The summed E-state index contributed by atoms with van der Waals surface area (Å²) in [4.78, 5) is 12.8. The topological polar surface area (TPSA) is 62.1 Å². The van der Waals surface area contributed by atoms with Gasteiger partial charge in [0.25, 0.3) is 5.91 Å². The van der Waals surface area contributed by atoms with Crippen LogP contribution in [0.2, 0.25) is 0 Å². The predicted octanol–water partition coefficient (Wildman–Crippen LogP) is 8.64. The SMILES string of the molecule is N#C/C(=C\c1cc(Br)c(OCc2cccc3ccccc23)c(Br)c1)C(=O)Nc1ccc2ccccc2c1. The number of nitrogens with one attached hydrogen (secondary N) is 1. The number of nitriles is 1. The van der Waals surface area contributed by atoms with E-state index in [2.05, 4.69) is 61.4 Å². The number of rotatable bonds is 6. The monoisotopic (exact) mass is 610 g/mol. The van der Waals surface area contributed by atoms with E-state index in [0.29, 0.717) is 32.6 Å². The first kappa shape index (κ1) is 24.8. The van der Waals surface area contributed by atoms with Crippen LogP contribution in [0.1, 0.15) is 11.1 Å². The van der Waals surface area contributed by atoms with Gasteiger partial charge in [-0.25, -0.2) is 0 Å². The Hall–Kier alpha value is -3.92. The molecule has 0 unspecified atom stereocenters. The normalized spacial score (nSPS) is 11.3. The lowest BCUT2D eigenvalue weighted by atomic mass is 10.1. The number of benzene rings is 5. The standard InChI is InChI=1S/C31H20Br2N2O2/c32-28-15-20(14-25(18-34)31(36)35-26-13-12-21-6-1-2-8-23(21)17-26)16-29(33)30(28)37-19-24-10-5-9-22-7-3-4-11-27(22)24/h1-17H,19H2,(H,35,36)/b25-14+. The Kier molecular flexibility index (Phi) is 7.36. The molecule has 0 saturated heterocycles. The van der Waals surface area contributed by atoms with Crippen molar-refractivity contribution >= 4 is 71.1 Å². The quantitative estimate of drug-likeness (QED) is 0.154. The molecule has 0 radical (unpaired) electrons. The lowest BCUT2D eigenvalue weighted by Gasteiger charge is -2.13. The fourth-order valence-electron chi connectivity index (χ4n) is 4.15. The van der Waals surface area contributed by atoms with Crippen LogP contribution in [0, 0.1) is 11.3 Å². The van der Waals surface area contributed by atoms with E-state index < -0.39 is 5.91 Å². The zero-order valence-corrected chi connectivity index (χ0v) is 22.7. The van der Waals surface area contributed by atoms with Crippen LogP contribution in [0.15, 0.2) is 112 Å². The van der Waals surface area contributed by atoms with Crippen molar-refractivity contribution in [2.24, 2.45) is 0 Å². The van der Waals surface area contributed by atoms with Crippen LogP contribution in [0.3, 0.4) is 0 Å². The van der Waals surface area contributed by atoms with Gasteiger partial charge in [-0.1, -0.05) is 72.8 Å². The van der Waals surface area contributed by atoms with Crippen molar-refractivity contribution in [2.75, 3.05) is 5.32 Å². The second-order valence-electron chi connectivity index (χ2n) is 8.43. The van der Waals surface area contributed by atoms with Crippen molar-refractivity contribution in [1.29, 1.82) is 5.26 Å². The Morgan fingerprint density at radius 3 is 2.27 bits per heavy atom. The van der Waals surface area contributed by atoms with Crippen molar-refractivity contribution in [3.63, 3.8) is 0 Å². The van der Waals surface area contributed by atoms with Gasteiger partial charge >= 0.3 is 0 Å². The summed E-state index contributed by atoms with van der Waals surface area (Å²) in [6.45, 7) is 0.394. The van der Waals surface area contributed by atoms with Crippen molar-refractivity contribution < 1.29 is 9.53 Å². The molecule has 0 spiro atoms. The number of halogens is 2. The second kappa shape index (κ2) is 11.0. The lowest BCUT2D eigenvalue weighted by molar-refractivity contribution is -0.112. The molecule has 0 aliphatic carbocycles. The summed E-state index contributed by atoms with van der Waals surface area (Å²) in [5.41, 5.74) is 2.39. The van der Waals surface area contributed by atoms with E-state index >= 15 is 0 Å². The van der Waals surface area contributed by atoms with E-state index in [-0.39, 0.29) is 5.57 Å². The van der Waals surface area contributed by atoms with E-state index in [4.69, 9.17) is 4.74 Å². The highest BCUT2D eigenvalue weighted by Crippen LogP contribution is 2.36. The highest BCUT2D eigenvalue weighted by molar-refractivity contribution is 9.11. The van der Waals surface area contributed by atoms with Gasteiger partial charge < -0.3 is 10.1 Å². The van der Waals surface area contributed by atoms with Crippen LogP contribution < -0.4 is 10.1 Å². The number of fused-ring (bicyclic) bond motifs is 2. The average molecular weight is 612 g/mol. The zero-order chi connectivity index (χ0) is 25.8. The van der Waals surface area contributed by atoms with Gasteiger partial charge in [0.1, 0.15) is 24.0 Å². The molecule has 1 N–H and O–H groups in total. The minimum absolute atomic E-state index is 0.00335. The molecule has 5 aromatic carbocycles. The summed E-state index contributed by atoms with van der Waals surface area (Å²) in [5.74, 6) is 0.172. The molecule has 0 aliphatic rings. The van der Waals surface area contributed by atoms with Gasteiger partial charge in [-0.3, -0.25) is 4.79 Å². The highest BCUT2D eigenvalue weighted by Gasteiger charge is 2.13. The number of anilines is 1. The van der Waals surface area contributed by atoms with Crippen LogP contribution in [0.5, 0.6) is 5.75 Å². The van der Waals surface area contributed by atoms with E-state index in [9.17, 15) is 10.1 Å². The molecule has 0 fully saturated rings. The Morgan fingerprint density at radius 2 is 1.51 bits per heavy atom. The molecule has 0 aromatic heterocycles. The van der Waals surface area contributed by atoms with E-state index in [1.165, 1.54) is 0 Å². The van der Waals surface area contributed by atoms with Crippen molar-refractivity contribution in [2.45, 2.75) is 6.61 Å². The smallest absolute Gasteiger partial charge is 0.266 e. The molecule has 0 aliphatic heterocycles. The zero-order valence-electron chi connectivity index (χ0n) is 19.5. The van der Waals surface area contributed by atoms with Crippen LogP contribution in [-0.2, 0) is 11.4 Å². The maximum absolute atomic E-state index is 12.8. The third kappa shape index (κ3) is 5.59. The summed E-state index contributed by atoms with van der Waals surface area (Å²) in [6, 6.07) is 33.5. The van der Waals surface area contributed by atoms with Gasteiger partial charge in [0.15, 0.2) is 0 Å². The van der Waals surface area contributed by atoms with Crippen molar-refractivity contribution in [3.05, 3.63) is 123 Å². The second-order valence-corrected chi connectivity index (χ2v) is 10.1.